The summed E-state index contributed by atoms with van der Waals surface area (Å²) in [6.45, 7) is 4.17. The van der Waals surface area contributed by atoms with E-state index in [1.165, 1.54) is 14.0 Å². The first-order valence-electron chi connectivity index (χ1n) is 15.1. The molecule has 0 saturated heterocycles. The third-order valence-electron chi connectivity index (χ3n) is 7.77. The molecule has 2 aromatic carbocycles. The molecular formula is C32H34F9N5O5. The van der Waals surface area contributed by atoms with E-state index in [0.717, 1.165) is 0 Å². The molecule has 4 amide bonds. The standard InChI is InChI=1S/C32H34F9N5O5/c1-16(42-5)27(48)44-26(30(2,3)4)28(49)43-13-19(47)45-11-12-46(29(50)18(45)15-51-14-17-9-7-6-8-10-17)32(40,41)31(38,39)20-21(33)23(35)25(37)24(36)22(20)34/h6-12,16,18,26,42H,13-15H2,1-5H3,(H,43,49)(H,44,48)/t16-,18-,26+/m0/s1. The minimum absolute atomic E-state index is 0.0625. The summed E-state index contributed by atoms with van der Waals surface area (Å²) < 4.78 is 136. The number of alkyl halides is 4. The lowest BCUT2D eigenvalue weighted by Crippen LogP contribution is -2.62. The van der Waals surface area contributed by atoms with E-state index in [9.17, 15) is 41.1 Å². The molecule has 3 N–H and O–H groups in total. The highest BCUT2D eigenvalue weighted by Gasteiger charge is 2.66. The van der Waals surface area contributed by atoms with Gasteiger partial charge in [-0.3, -0.25) is 19.2 Å². The lowest BCUT2D eigenvalue weighted by Gasteiger charge is -2.41. The Hall–Kier alpha value is -4.65. The van der Waals surface area contributed by atoms with Crippen molar-refractivity contribution >= 4 is 23.6 Å². The van der Waals surface area contributed by atoms with Crippen molar-refractivity contribution in [2.24, 2.45) is 5.41 Å². The van der Waals surface area contributed by atoms with E-state index in [4.69, 9.17) is 4.74 Å². The Morgan fingerprint density at radius 3 is 1.94 bits per heavy atom. The molecule has 2 aromatic rings. The van der Waals surface area contributed by atoms with Crippen LogP contribution in [0.25, 0.3) is 0 Å². The van der Waals surface area contributed by atoms with Gasteiger partial charge in [-0.1, -0.05) is 51.1 Å². The number of carbonyl (C=O) groups excluding carboxylic acids is 4. The summed E-state index contributed by atoms with van der Waals surface area (Å²) in [7, 11) is 1.50. The van der Waals surface area contributed by atoms with Crippen LogP contribution in [0.5, 0.6) is 0 Å². The van der Waals surface area contributed by atoms with Crippen LogP contribution in [0, 0.1) is 34.5 Å². The zero-order chi connectivity index (χ0) is 38.6. The third-order valence-corrected chi connectivity index (χ3v) is 7.77. The second kappa shape index (κ2) is 15.7. The molecule has 0 bridgehead atoms. The molecule has 3 rings (SSSR count). The Labute approximate surface area is 286 Å². The molecule has 1 aliphatic rings. The van der Waals surface area contributed by atoms with Crippen molar-refractivity contribution in [2.75, 3.05) is 20.2 Å². The fourth-order valence-electron chi connectivity index (χ4n) is 4.71. The van der Waals surface area contributed by atoms with Crippen molar-refractivity contribution in [1.82, 2.24) is 25.8 Å². The smallest absolute Gasteiger partial charge is 0.374 e. The van der Waals surface area contributed by atoms with E-state index in [-0.39, 0.29) is 12.8 Å². The van der Waals surface area contributed by atoms with Gasteiger partial charge in [0.2, 0.25) is 23.5 Å². The summed E-state index contributed by atoms with van der Waals surface area (Å²) >= 11 is 0. The molecule has 0 fully saturated rings. The van der Waals surface area contributed by atoms with Gasteiger partial charge in [-0.25, -0.2) is 26.9 Å². The Morgan fingerprint density at radius 2 is 1.41 bits per heavy atom. The summed E-state index contributed by atoms with van der Waals surface area (Å²) in [6, 6.07) is -2.14. The number of likely N-dealkylation sites (N-methyl/N-ethyl adjacent to an activating group) is 1. The van der Waals surface area contributed by atoms with Crippen LogP contribution in [0.4, 0.5) is 39.5 Å². The number of amides is 4. The highest BCUT2D eigenvalue weighted by atomic mass is 19.3. The molecule has 1 heterocycles. The molecule has 0 aromatic heterocycles. The Balaban J connectivity index is 1.95. The molecule has 19 heteroatoms. The van der Waals surface area contributed by atoms with Crippen molar-refractivity contribution in [3.05, 3.63) is 82.9 Å². The number of nitrogens with one attached hydrogen (secondary N) is 3. The van der Waals surface area contributed by atoms with Gasteiger partial charge in [0.1, 0.15) is 17.6 Å². The van der Waals surface area contributed by atoms with Gasteiger partial charge in [-0.15, -0.1) is 0 Å². The third kappa shape index (κ3) is 8.46. The zero-order valence-electron chi connectivity index (χ0n) is 27.7. The predicted molar refractivity (Wildman–Crippen MR) is 161 cm³/mol. The van der Waals surface area contributed by atoms with E-state index in [2.05, 4.69) is 16.0 Å². The van der Waals surface area contributed by atoms with Crippen LogP contribution < -0.4 is 16.0 Å². The maximum atomic E-state index is 15.5. The molecule has 10 nitrogen and oxygen atoms in total. The highest BCUT2D eigenvalue weighted by molar-refractivity contribution is 5.95. The summed E-state index contributed by atoms with van der Waals surface area (Å²) in [5.74, 6) is -26.1. The number of nitrogens with zero attached hydrogens (tertiary/aromatic N) is 2. The molecule has 1 aliphatic heterocycles. The fourth-order valence-corrected chi connectivity index (χ4v) is 4.71. The monoisotopic (exact) mass is 739 g/mol. The van der Waals surface area contributed by atoms with Crippen molar-refractivity contribution in [2.45, 2.75) is 64.4 Å². The number of hydrogen-bond donors (Lipinski definition) is 3. The van der Waals surface area contributed by atoms with Crippen LogP contribution in [0.15, 0.2) is 42.7 Å². The van der Waals surface area contributed by atoms with Crippen LogP contribution in [-0.4, -0.2) is 77.8 Å². The Kier molecular flexibility index (Phi) is 12.6. The molecule has 3 atom stereocenters. The maximum Gasteiger partial charge on any atom is 0.399 e. The Bertz CT molecular complexity index is 1640. The largest absolute Gasteiger partial charge is 0.399 e. The van der Waals surface area contributed by atoms with E-state index >= 15 is 17.6 Å². The highest BCUT2D eigenvalue weighted by Crippen LogP contribution is 2.48. The molecule has 0 saturated carbocycles. The van der Waals surface area contributed by atoms with Crippen molar-refractivity contribution < 1.29 is 63.4 Å². The number of rotatable bonds is 13. The van der Waals surface area contributed by atoms with E-state index < -0.39 is 112 Å². The molecule has 0 spiro atoms. The minimum atomic E-state index is -6.23. The van der Waals surface area contributed by atoms with Crippen molar-refractivity contribution in [3.63, 3.8) is 0 Å². The minimum Gasteiger partial charge on any atom is -0.374 e. The van der Waals surface area contributed by atoms with Gasteiger partial charge in [0.15, 0.2) is 23.3 Å². The van der Waals surface area contributed by atoms with Gasteiger partial charge in [-0.05, 0) is 24.9 Å². The summed E-state index contributed by atoms with van der Waals surface area (Å²) in [5, 5.41) is 7.48. The number of ether oxygens (including phenoxy) is 1. The van der Waals surface area contributed by atoms with Crippen LogP contribution >= 0.6 is 0 Å². The molecule has 0 aliphatic carbocycles. The normalized spacial score (nSPS) is 16.6. The Morgan fingerprint density at radius 1 is 0.863 bits per heavy atom. The van der Waals surface area contributed by atoms with Crippen LogP contribution in [0.3, 0.4) is 0 Å². The van der Waals surface area contributed by atoms with Gasteiger partial charge >= 0.3 is 12.0 Å². The van der Waals surface area contributed by atoms with Gasteiger partial charge in [-0.2, -0.15) is 17.6 Å². The van der Waals surface area contributed by atoms with E-state index in [1.807, 2.05) is 0 Å². The van der Waals surface area contributed by atoms with Crippen LogP contribution in [0.2, 0.25) is 0 Å². The molecule has 0 unspecified atom stereocenters. The molecule has 51 heavy (non-hydrogen) atoms. The topological polar surface area (TPSA) is 120 Å². The first-order chi connectivity index (χ1) is 23.6. The predicted octanol–water partition coefficient (Wildman–Crippen LogP) is 4.05. The molecule has 280 valence electrons. The number of hydrogen-bond acceptors (Lipinski definition) is 6. The zero-order valence-corrected chi connectivity index (χ0v) is 27.7. The summed E-state index contributed by atoms with van der Waals surface area (Å²) in [5.41, 5.74) is -3.62. The molecular weight excluding hydrogens is 705 g/mol. The SMILES string of the molecule is CN[C@@H](C)C(=O)N[C@H](C(=O)NCC(=O)N1C=CN(C(F)(F)C(F)(F)c2c(F)c(F)c(F)c(F)c2F)C(=O)[C@@H]1COCc1ccccc1)C(C)(C)C. The first kappa shape index (κ1) is 40.8. The van der Waals surface area contributed by atoms with Crippen LogP contribution in [0.1, 0.15) is 38.8 Å². The maximum absolute atomic E-state index is 15.5. The average molecular weight is 740 g/mol. The number of benzene rings is 2. The summed E-state index contributed by atoms with van der Waals surface area (Å²) in [4.78, 5) is 51.7. The van der Waals surface area contributed by atoms with Gasteiger partial charge in [0, 0.05) is 12.4 Å². The quantitative estimate of drug-likeness (QED) is 0.124. The second-order valence-electron chi connectivity index (χ2n) is 12.4. The fraction of sp³-hybridized carbons (Fsp3) is 0.438. The number of carbonyl (C=O) groups is 4. The van der Waals surface area contributed by atoms with Crippen molar-refractivity contribution in [1.29, 1.82) is 0 Å². The van der Waals surface area contributed by atoms with Gasteiger partial charge in [0.05, 0.1) is 25.8 Å². The van der Waals surface area contributed by atoms with Crippen LogP contribution in [-0.2, 0) is 36.4 Å². The van der Waals surface area contributed by atoms with Gasteiger partial charge in [0.25, 0.3) is 5.91 Å². The first-order valence-corrected chi connectivity index (χ1v) is 15.1. The number of halogens is 9. The van der Waals surface area contributed by atoms with Gasteiger partial charge < -0.3 is 25.6 Å². The van der Waals surface area contributed by atoms with Crippen molar-refractivity contribution in [3.8, 4) is 0 Å². The summed E-state index contributed by atoms with van der Waals surface area (Å²) in [6.07, 6.45) is 0.347. The van der Waals surface area contributed by atoms with E-state index in [0.29, 0.717) is 16.7 Å². The van der Waals surface area contributed by atoms with E-state index in [1.54, 1.807) is 51.1 Å². The average Bonchev–Trinajstić information content (AvgIpc) is 3.07. The molecule has 0 radical (unpaired) electrons. The lowest BCUT2D eigenvalue weighted by molar-refractivity contribution is -0.279. The lowest BCUT2D eigenvalue weighted by atomic mass is 9.86. The second-order valence-corrected chi connectivity index (χ2v) is 12.4.